The number of nitrogens with zero attached hydrogens (tertiary/aromatic N) is 3. The molecule has 0 N–H and O–H groups in total. The highest BCUT2D eigenvalue weighted by molar-refractivity contribution is 6.13. The van der Waals surface area contributed by atoms with Crippen LogP contribution in [0.2, 0.25) is 0 Å². The minimum atomic E-state index is 0.726. The zero-order valence-corrected chi connectivity index (χ0v) is 8.44. The molecule has 0 bridgehead atoms. The predicted octanol–water partition coefficient (Wildman–Crippen LogP) is 2.10. The molecule has 0 saturated carbocycles. The fourth-order valence-electron chi connectivity index (χ4n) is 0.967. The Morgan fingerprint density at radius 3 is 2.86 bits per heavy atom. The molecule has 0 aromatic carbocycles. The van der Waals surface area contributed by atoms with Gasteiger partial charge in [0.25, 0.3) is 0 Å². The van der Waals surface area contributed by atoms with Gasteiger partial charge in [0.2, 0.25) is 0 Å². The molecule has 0 aliphatic carbocycles. The molecular weight excluding hydrogens is 174 g/mol. The number of amidine groups is 1. The summed E-state index contributed by atoms with van der Waals surface area (Å²) >= 11 is 0. The molecule has 3 nitrogen and oxygen atoms in total. The molecule has 0 atom stereocenters. The zero-order valence-electron chi connectivity index (χ0n) is 8.44. The van der Waals surface area contributed by atoms with E-state index in [0.717, 1.165) is 17.1 Å². The Bertz CT molecular complexity index is 363. The summed E-state index contributed by atoms with van der Waals surface area (Å²) in [5, 5.41) is 0. The van der Waals surface area contributed by atoms with Crippen molar-refractivity contribution in [2.45, 2.75) is 6.92 Å². The molecule has 0 saturated heterocycles. The van der Waals surface area contributed by atoms with Gasteiger partial charge in [0.15, 0.2) is 0 Å². The van der Waals surface area contributed by atoms with Gasteiger partial charge in [-0.25, -0.2) is 4.99 Å². The van der Waals surface area contributed by atoms with Crippen molar-refractivity contribution in [2.75, 3.05) is 7.05 Å². The SMILES string of the molecule is C=CC(=NC(C)=NC)c1cccnc1. The van der Waals surface area contributed by atoms with Crippen LogP contribution in [-0.4, -0.2) is 23.6 Å². The van der Waals surface area contributed by atoms with Gasteiger partial charge in [-0.05, 0) is 25.1 Å². The predicted molar refractivity (Wildman–Crippen MR) is 60.0 cm³/mol. The molecule has 0 radical (unpaired) electrons. The average Bonchev–Trinajstić information content (AvgIpc) is 2.26. The molecule has 0 aliphatic heterocycles. The van der Waals surface area contributed by atoms with E-state index in [4.69, 9.17) is 0 Å². The van der Waals surface area contributed by atoms with Crippen LogP contribution in [0.4, 0.5) is 0 Å². The molecule has 1 rings (SSSR count). The molecule has 1 aromatic heterocycles. The van der Waals surface area contributed by atoms with E-state index in [1.54, 1.807) is 25.5 Å². The Morgan fingerprint density at radius 1 is 1.57 bits per heavy atom. The van der Waals surface area contributed by atoms with Crippen molar-refractivity contribution in [3.05, 3.63) is 42.7 Å². The Kier molecular flexibility index (Phi) is 3.73. The van der Waals surface area contributed by atoms with Crippen LogP contribution in [0.15, 0.2) is 47.2 Å². The van der Waals surface area contributed by atoms with Crippen molar-refractivity contribution in [1.82, 2.24) is 4.98 Å². The van der Waals surface area contributed by atoms with E-state index in [0.29, 0.717) is 0 Å². The van der Waals surface area contributed by atoms with E-state index in [-0.39, 0.29) is 0 Å². The lowest BCUT2D eigenvalue weighted by atomic mass is 10.2. The summed E-state index contributed by atoms with van der Waals surface area (Å²) in [7, 11) is 1.71. The molecule has 1 heterocycles. The van der Waals surface area contributed by atoms with Crippen molar-refractivity contribution in [1.29, 1.82) is 0 Å². The molecule has 14 heavy (non-hydrogen) atoms. The van der Waals surface area contributed by atoms with E-state index < -0.39 is 0 Å². The standard InChI is InChI=1S/C11H13N3/c1-4-11(14-9(2)12-3)10-6-5-7-13-8-10/h4-8H,1H2,2-3H3. The fourth-order valence-corrected chi connectivity index (χ4v) is 0.967. The Hall–Kier alpha value is -1.77. The van der Waals surface area contributed by atoms with Gasteiger partial charge in [0.05, 0.1) is 5.71 Å². The molecule has 0 aliphatic rings. The summed E-state index contributed by atoms with van der Waals surface area (Å²) < 4.78 is 0. The van der Waals surface area contributed by atoms with Crippen LogP contribution in [0.5, 0.6) is 0 Å². The highest BCUT2D eigenvalue weighted by Crippen LogP contribution is 2.00. The molecule has 72 valence electrons. The third kappa shape index (κ3) is 2.62. The van der Waals surface area contributed by atoms with E-state index in [1.165, 1.54) is 0 Å². The first-order valence-electron chi connectivity index (χ1n) is 4.33. The molecule has 0 fully saturated rings. The average molecular weight is 187 g/mol. The summed E-state index contributed by atoms with van der Waals surface area (Å²) in [4.78, 5) is 12.3. The van der Waals surface area contributed by atoms with Crippen LogP contribution in [0, 0.1) is 0 Å². The highest BCUT2D eigenvalue weighted by Gasteiger charge is 1.98. The number of rotatable bonds is 2. The summed E-state index contributed by atoms with van der Waals surface area (Å²) in [6, 6.07) is 3.81. The number of allylic oxidation sites excluding steroid dienone is 1. The minimum absolute atomic E-state index is 0.726. The maximum absolute atomic E-state index is 4.29. The summed E-state index contributed by atoms with van der Waals surface area (Å²) in [6.45, 7) is 5.56. The van der Waals surface area contributed by atoms with Gasteiger partial charge in [-0.3, -0.25) is 9.98 Å². The molecular formula is C11H13N3. The van der Waals surface area contributed by atoms with E-state index in [1.807, 2.05) is 19.1 Å². The smallest absolute Gasteiger partial charge is 0.120 e. The van der Waals surface area contributed by atoms with Gasteiger partial charge in [0.1, 0.15) is 5.84 Å². The summed E-state index contributed by atoms with van der Waals surface area (Å²) in [6.07, 6.45) is 5.18. The van der Waals surface area contributed by atoms with E-state index >= 15 is 0 Å². The number of hydrogen-bond donors (Lipinski definition) is 0. The largest absolute Gasteiger partial charge is 0.274 e. The normalized spacial score (nSPS) is 12.7. The number of aliphatic imine (C=N–C) groups is 2. The maximum atomic E-state index is 4.29. The molecule has 0 spiro atoms. The molecule has 1 aromatic rings. The van der Waals surface area contributed by atoms with Gasteiger partial charge in [-0.1, -0.05) is 6.58 Å². The van der Waals surface area contributed by atoms with E-state index in [9.17, 15) is 0 Å². The lowest BCUT2D eigenvalue weighted by Crippen LogP contribution is -2.00. The van der Waals surface area contributed by atoms with Crippen LogP contribution < -0.4 is 0 Å². The third-order valence-electron chi connectivity index (χ3n) is 1.76. The zero-order chi connectivity index (χ0) is 10.4. The van der Waals surface area contributed by atoms with E-state index in [2.05, 4.69) is 21.5 Å². The molecule has 3 heteroatoms. The Morgan fingerprint density at radius 2 is 2.36 bits per heavy atom. The van der Waals surface area contributed by atoms with Crippen molar-refractivity contribution < 1.29 is 0 Å². The highest BCUT2D eigenvalue weighted by atomic mass is 14.9. The fraction of sp³-hybridized carbons (Fsp3) is 0.182. The van der Waals surface area contributed by atoms with Crippen molar-refractivity contribution >= 4 is 11.5 Å². The van der Waals surface area contributed by atoms with Gasteiger partial charge in [-0.15, -0.1) is 0 Å². The maximum Gasteiger partial charge on any atom is 0.120 e. The minimum Gasteiger partial charge on any atom is -0.274 e. The van der Waals surface area contributed by atoms with Crippen molar-refractivity contribution in [3.8, 4) is 0 Å². The second kappa shape index (κ2) is 5.07. The quantitative estimate of drug-likeness (QED) is 0.516. The number of hydrogen-bond acceptors (Lipinski definition) is 2. The van der Waals surface area contributed by atoms with Gasteiger partial charge in [0, 0.05) is 25.0 Å². The second-order valence-corrected chi connectivity index (χ2v) is 2.71. The van der Waals surface area contributed by atoms with Gasteiger partial charge >= 0.3 is 0 Å². The summed E-state index contributed by atoms with van der Waals surface area (Å²) in [5.41, 5.74) is 1.74. The van der Waals surface area contributed by atoms with Gasteiger partial charge < -0.3 is 0 Å². The molecule has 0 amide bonds. The first kappa shape index (κ1) is 10.3. The lowest BCUT2D eigenvalue weighted by molar-refractivity contribution is 1.31. The van der Waals surface area contributed by atoms with Crippen molar-refractivity contribution in [3.63, 3.8) is 0 Å². The third-order valence-corrected chi connectivity index (χ3v) is 1.76. The summed E-state index contributed by atoms with van der Waals surface area (Å²) in [5.74, 6) is 0.726. The Balaban J connectivity index is 3.05. The monoisotopic (exact) mass is 187 g/mol. The lowest BCUT2D eigenvalue weighted by Gasteiger charge is -1.99. The first-order chi connectivity index (χ1) is 6.77. The Labute approximate surface area is 83.9 Å². The van der Waals surface area contributed by atoms with Crippen LogP contribution in [0.1, 0.15) is 12.5 Å². The molecule has 0 unspecified atom stereocenters. The number of pyridine rings is 1. The topological polar surface area (TPSA) is 37.6 Å². The van der Waals surface area contributed by atoms with Gasteiger partial charge in [-0.2, -0.15) is 0 Å². The van der Waals surface area contributed by atoms with Crippen LogP contribution in [0.25, 0.3) is 0 Å². The second-order valence-electron chi connectivity index (χ2n) is 2.71. The van der Waals surface area contributed by atoms with Crippen LogP contribution in [0.3, 0.4) is 0 Å². The van der Waals surface area contributed by atoms with Crippen molar-refractivity contribution in [2.24, 2.45) is 9.98 Å². The van der Waals surface area contributed by atoms with Crippen LogP contribution in [-0.2, 0) is 0 Å². The number of aromatic nitrogens is 1. The van der Waals surface area contributed by atoms with Crippen LogP contribution >= 0.6 is 0 Å². The first-order valence-corrected chi connectivity index (χ1v) is 4.33.